The summed E-state index contributed by atoms with van der Waals surface area (Å²) >= 11 is 0. The van der Waals surface area contributed by atoms with E-state index < -0.39 is 0 Å². The summed E-state index contributed by atoms with van der Waals surface area (Å²) in [6.45, 7) is 6.21. The van der Waals surface area contributed by atoms with E-state index in [-0.39, 0.29) is 5.91 Å². The first-order valence-electron chi connectivity index (χ1n) is 3.39. The maximum atomic E-state index is 10.7. The van der Waals surface area contributed by atoms with Crippen molar-refractivity contribution in [1.29, 1.82) is 0 Å². The quantitative estimate of drug-likeness (QED) is 0.490. The van der Waals surface area contributed by atoms with Crippen LogP contribution < -0.4 is 10.6 Å². The molecule has 0 heterocycles. The highest BCUT2D eigenvalue weighted by Crippen LogP contribution is 1.55. The minimum atomic E-state index is 0.124. The highest BCUT2D eigenvalue weighted by molar-refractivity contribution is 5.76. The van der Waals surface area contributed by atoms with E-state index >= 15 is 0 Å². The molecular formula is C6H15N2O+. The maximum absolute atomic E-state index is 10.7. The van der Waals surface area contributed by atoms with Gasteiger partial charge in [0.25, 0.3) is 5.91 Å². The van der Waals surface area contributed by atoms with Gasteiger partial charge in [0.2, 0.25) is 0 Å². The second-order valence-electron chi connectivity index (χ2n) is 1.85. The van der Waals surface area contributed by atoms with E-state index in [4.69, 9.17) is 0 Å². The highest BCUT2D eigenvalue weighted by atomic mass is 16.1. The van der Waals surface area contributed by atoms with E-state index in [9.17, 15) is 4.79 Å². The number of quaternary nitrogens is 1. The molecule has 0 saturated heterocycles. The van der Waals surface area contributed by atoms with Crippen molar-refractivity contribution in [3.05, 3.63) is 0 Å². The second-order valence-corrected chi connectivity index (χ2v) is 1.85. The Morgan fingerprint density at radius 2 is 2.22 bits per heavy atom. The van der Waals surface area contributed by atoms with E-state index in [2.05, 4.69) is 5.32 Å². The molecule has 0 rings (SSSR count). The van der Waals surface area contributed by atoms with Crippen LogP contribution >= 0.6 is 0 Å². The Balaban J connectivity index is 3.06. The van der Waals surface area contributed by atoms with Crippen molar-refractivity contribution in [2.24, 2.45) is 0 Å². The molecule has 3 heteroatoms. The van der Waals surface area contributed by atoms with Crippen LogP contribution in [0.4, 0.5) is 0 Å². The molecule has 3 N–H and O–H groups in total. The van der Waals surface area contributed by atoms with Gasteiger partial charge >= 0.3 is 0 Å². The highest BCUT2D eigenvalue weighted by Gasteiger charge is 1.97. The van der Waals surface area contributed by atoms with E-state index in [1.807, 2.05) is 19.2 Å². The molecule has 1 amide bonds. The largest absolute Gasteiger partial charge is 0.351 e. The van der Waals surface area contributed by atoms with Gasteiger partial charge in [0.1, 0.15) is 0 Å². The van der Waals surface area contributed by atoms with Crippen molar-refractivity contribution in [3.8, 4) is 0 Å². The zero-order valence-electron chi connectivity index (χ0n) is 6.11. The van der Waals surface area contributed by atoms with Crippen molar-refractivity contribution in [3.63, 3.8) is 0 Å². The molecule has 0 aliphatic rings. The summed E-state index contributed by atoms with van der Waals surface area (Å²) in [6, 6.07) is 0. The summed E-state index contributed by atoms with van der Waals surface area (Å²) in [6.07, 6.45) is 0. The lowest BCUT2D eigenvalue weighted by Gasteiger charge is -1.97. The Morgan fingerprint density at radius 3 is 2.67 bits per heavy atom. The number of amides is 1. The fraction of sp³-hybridized carbons (Fsp3) is 0.833. The molecule has 0 spiro atoms. The first kappa shape index (κ1) is 8.43. The number of likely N-dealkylation sites (N-methyl/N-ethyl adjacent to an activating group) is 2. The molecule has 0 atom stereocenters. The first-order valence-corrected chi connectivity index (χ1v) is 3.39. The monoisotopic (exact) mass is 131 g/mol. The van der Waals surface area contributed by atoms with Crippen molar-refractivity contribution in [2.45, 2.75) is 13.8 Å². The van der Waals surface area contributed by atoms with Gasteiger partial charge < -0.3 is 10.6 Å². The Bertz CT molecular complexity index is 83.1. The molecule has 9 heavy (non-hydrogen) atoms. The summed E-state index contributed by atoms with van der Waals surface area (Å²) in [5.41, 5.74) is 0. The van der Waals surface area contributed by atoms with Gasteiger partial charge in [-0.2, -0.15) is 0 Å². The number of nitrogens with two attached hydrogens (primary N) is 1. The molecule has 3 nitrogen and oxygen atoms in total. The molecule has 0 saturated carbocycles. The molecule has 0 fully saturated rings. The lowest BCUT2D eigenvalue weighted by Crippen LogP contribution is -2.86. The standard InChI is InChI=1S/C6H14N2O/c1-3-7-5-6(9)8-4-2/h7H,3-5H2,1-2H3,(H,8,9)/p+1. The predicted molar refractivity (Wildman–Crippen MR) is 36.0 cm³/mol. The molecule has 0 radical (unpaired) electrons. The van der Waals surface area contributed by atoms with Crippen LogP contribution in [0.5, 0.6) is 0 Å². The van der Waals surface area contributed by atoms with Crippen molar-refractivity contribution >= 4 is 5.91 Å². The average Bonchev–Trinajstić information content (AvgIpc) is 1.85. The molecule has 0 unspecified atom stereocenters. The van der Waals surface area contributed by atoms with Crippen LogP contribution in [0.2, 0.25) is 0 Å². The van der Waals surface area contributed by atoms with E-state index in [0.29, 0.717) is 6.54 Å². The Labute approximate surface area is 55.8 Å². The van der Waals surface area contributed by atoms with Gasteiger partial charge in [0.05, 0.1) is 6.54 Å². The predicted octanol–water partition coefficient (Wildman–Crippen LogP) is -1.29. The third kappa shape index (κ3) is 5.30. The molecular weight excluding hydrogens is 116 g/mol. The number of nitrogens with one attached hydrogen (secondary N) is 1. The van der Waals surface area contributed by atoms with Crippen LogP contribution in [-0.4, -0.2) is 25.5 Å². The smallest absolute Gasteiger partial charge is 0.275 e. The number of carbonyl (C=O) groups is 1. The number of hydrogen-bond acceptors (Lipinski definition) is 1. The van der Waals surface area contributed by atoms with Gasteiger partial charge in [-0.25, -0.2) is 0 Å². The topological polar surface area (TPSA) is 45.7 Å². The minimum absolute atomic E-state index is 0.124. The number of carbonyl (C=O) groups excluding carboxylic acids is 1. The summed E-state index contributed by atoms with van der Waals surface area (Å²) < 4.78 is 0. The molecule has 0 aromatic rings. The van der Waals surface area contributed by atoms with Crippen molar-refractivity contribution < 1.29 is 10.1 Å². The fourth-order valence-corrected chi connectivity index (χ4v) is 0.545. The van der Waals surface area contributed by atoms with Gasteiger partial charge in [-0.3, -0.25) is 4.79 Å². The third-order valence-electron chi connectivity index (χ3n) is 0.992. The summed E-state index contributed by atoms with van der Waals surface area (Å²) in [5.74, 6) is 0.124. The van der Waals surface area contributed by atoms with E-state index in [1.54, 1.807) is 0 Å². The van der Waals surface area contributed by atoms with Crippen LogP contribution in [0.15, 0.2) is 0 Å². The lowest BCUT2D eigenvalue weighted by atomic mass is 10.5. The number of rotatable bonds is 4. The van der Waals surface area contributed by atoms with Crippen molar-refractivity contribution in [1.82, 2.24) is 5.32 Å². The SMILES string of the molecule is CCNC(=O)C[NH2+]CC. The molecule has 0 aromatic heterocycles. The molecule has 0 aliphatic heterocycles. The van der Waals surface area contributed by atoms with Gasteiger partial charge in [0, 0.05) is 6.54 Å². The van der Waals surface area contributed by atoms with E-state index in [1.165, 1.54) is 0 Å². The molecule has 0 aliphatic carbocycles. The van der Waals surface area contributed by atoms with E-state index in [0.717, 1.165) is 13.1 Å². The zero-order chi connectivity index (χ0) is 7.11. The maximum Gasteiger partial charge on any atom is 0.275 e. The second kappa shape index (κ2) is 5.56. The summed E-state index contributed by atoms with van der Waals surface area (Å²) in [5, 5.41) is 4.67. The van der Waals surface area contributed by atoms with Crippen LogP contribution in [0.3, 0.4) is 0 Å². The lowest BCUT2D eigenvalue weighted by molar-refractivity contribution is -0.640. The zero-order valence-corrected chi connectivity index (χ0v) is 6.11. The molecule has 54 valence electrons. The van der Waals surface area contributed by atoms with Gasteiger partial charge in [-0.1, -0.05) is 0 Å². The minimum Gasteiger partial charge on any atom is -0.351 e. The van der Waals surface area contributed by atoms with Crippen LogP contribution in [0.1, 0.15) is 13.8 Å². The number of hydrogen-bond donors (Lipinski definition) is 2. The van der Waals surface area contributed by atoms with Gasteiger partial charge in [0.15, 0.2) is 6.54 Å². The van der Waals surface area contributed by atoms with Crippen LogP contribution in [0.25, 0.3) is 0 Å². The molecule has 0 bridgehead atoms. The van der Waals surface area contributed by atoms with Gasteiger partial charge in [-0.05, 0) is 13.8 Å². The van der Waals surface area contributed by atoms with Crippen LogP contribution in [-0.2, 0) is 4.79 Å². The van der Waals surface area contributed by atoms with Crippen LogP contribution in [0, 0.1) is 0 Å². The van der Waals surface area contributed by atoms with Gasteiger partial charge in [-0.15, -0.1) is 0 Å². The Kier molecular flexibility index (Phi) is 5.21. The molecule has 0 aromatic carbocycles. The van der Waals surface area contributed by atoms with Crippen molar-refractivity contribution in [2.75, 3.05) is 19.6 Å². The Morgan fingerprint density at radius 1 is 1.56 bits per heavy atom. The Hall–Kier alpha value is -0.570. The first-order chi connectivity index (χ1) is 4.31. The normalized spacial score (nSPS) is 9.11. The summed E-state index contributed by atoms with van der Waals surface area (Å²) in [4.78, 5) is 10.7. The summed E-state index contributed by atoms with van der Waals surface area (Å²) in [7, 11) is 0. The third-order valence-corrected chi connectivity index (χ3v) is 0.992. The average molecular weight is 131 g/mol. The fourth-order valence-electron chi connectivity index (χ4n) is 0.545.